The van der Waals surface area contributed by atoms with Crippen molar-refractivity contribution in [3.05, 3.63) is 35.2 Å². The van der Waals surface area contributed by atoms with Crippen molar-refractivity contribution in [2.75, 3.05) is 20.2 Å². The van der Waals surface area contributed by atoms with E-state index in [2.05, 4.69) is 27.7 Å². The number of aromatic nitrogens is 4. The average molecular weight is 341 g/mol. The van der Waals surface area contributed by atoms with Crippen LogP contribution in [-0.4, -0.2) is 51.2 Å². The largest absolute Gasteiger partial charge is 0.497 e. The Morgan fingerprint density at radius 3 is 2.84 bits per heavy atom. The third-order valence-corrected chi connectivity index (χ3v) is 5.31. The number of carbonyl (C=O) groups excluding carboxylic acids is 1. The summed E-state index contributed by atoms with van der Waals surface area (Å²) in [6, 6.07) is 6.21. The molecule has 0 unspecified atom stereocenters. The summed E-state index contributed by atoms with van der Waals surface area (Å²) in [6.45, 7) is 2.28. The number of benzene rings is 1. The molecule has 0 spiro atoms. The smallest absolute Gasteiger partial charge is 0.233 e. The SMILES string of the molecule is COc1ccc2c(c1)CCN(C(=O)[C@@H]1CCCCn3nnnc31)CC2. The summed E-state index contributed by atoms with van der Waals surface area (Å²) in [5.41, 5.74) is 2.59. The molecule has 7 heteroatoms. The molecule has 1 amide bonds. The van der Waals surface area contributed by atoms with Gasteiger partial charge in [-0.3, -0.25) is 4.79 Å². The van der Waals surface area contributed by atoms with E-state index in [-0.39, 0.29) is 11.8 Å². The molecule has 0 N–H and O–H groups in total. The summed E-state index contributed by atoms with van der Waals surface area (Å²) >= 11 is 0. The highest BCUT2D eigenvalue weighted by Gasteiger charge is 2.32. The number of ether oxygens (including phenoxy) is 1. The van der Waals surface area contributed by atoms with Crippen LogP contribution in [-0.2, 0) is 24.2 Å². The lowest BCUT2D eigenvalue weighted by Crippen LogP contribution is -2.37. The molecule has 2 aliphatic rings. The summed E-state index contributed by atoms with van der Waals surface area (Å²) < 4.78 is 7.13. The predicted molar refractivity (Wildman–Crippen MR) is 91.4 cm³/mol. The molecule has 0 aliphatic carbocycles. The van der Waals surface area contributed by atoms with Gasteiger partial charge in [-0.1, -0.05) is 12.5 Å². The van der Waals surface area contributed by atoms with Crippen LogP contribution in [0.2, 0.25) is 0 Å². The third kappa shape index (κ3) is 3.10. The minimum absolute atomic E-state index is 0.165. The van der Waals surface area contributed by atoms with Gasteiger partial charge in [0.2, 0.25) is 5.91 Å². The van der Waals surface area contributed by atoms with Crippen LogP contribution in [0.5, 0.6) is 5.75 Å². The Kier molecular flexibility index (Phi) is 4.38. The normalized spacial score (nSPS) is 20.2. The minimum Gasteiger partial charge on any atom is -0.497 e. The lowest BCUT2D eigenvalue weighted by Gasteiger charge is -2.24. The second-order valence-electron chi connectivity index (χ2n) is 6.77. The molecule has 0 radical (unpaired) electrons. The molecule has 0 bridgehead atoms. The molecule has 4 rings (SSSR count). The maximum absolute atomic E-state index is 13.2. The zero-order valence-corrected chi connectivity index (χ0v) is 14.5. The summed E-state index contributed by atoms with van der Waals surface area (Å²) in [4.78, 5) is 15.2. The number of fused-ring (bicyclic) bond motifs is 2. The standard InChI is InChI=1S/C18H23N5O2/c1-25-15-6-5-13-7-10-22(11-8-14(13)12-15)18(24)16-4-2-3-9-23-17(16)19-20-21-23/h5-6,12,16H,2-4,7-11H2,1H3/t16-/m1/s1. The number of hydrogen-bond donors (Lipinski definition) is 0. The zero-order chi connectivity index (χ0) is 17.2. The van der Waals surface area contributed by atoms with E-state index in [1.807, 2.05) is 11.0 Å². The van der Waals surface area contributed by atoms with Crippen LogP contribution < -0.4 is 4.74 Å². The topological polar surface area (TPSA) is 73.1 Å². The molecule has 2 aliphatic heterocycles. The van der Waals surface area contributed by atoms with E-state index >= 15 is 0 Å². The van der Waals surface area contributed by atoms with Gasteiger partial charge >= 0.3 is 0 Å². The molecule has 25 heavy (non-hydrogen) atoms. The maximum atomic E-state index is 13.2. The van der Waals surface area contributed by atoms with E-state index in [9.17, 15) is 4.79 Å². The predicted octanol–water partition coefficient (Wildman–Crippen LogP) is 1.58. The van der Waals surface area contributed by atoms with Gasteiger partial charge in [-0.2, -0.15) is 0 Å². The van der Waals surface area contributed by atoms with Crippen LogP contribution in [0, 0.1) is 0 Å². The molecule has 1 aromatic heterocycles. The molecule has 3 heterocycles. The summed E-state index contributed by atoms with van der Waals surface area (Å²) in [6.07, 6.45) is 4.61. The van der Waals surface area contributed by atoms with E-state index in [4.69, 9.17) is 4.74 Å². The fourth-order valence-electron chi connectivity index (χ4n) is 3.86. The number of carbonyl (C=O) groups is 1. The minimum atomic E-state index is -0.215. The van der Waals surface area contributed by atoms with E-state index < -0.39 is 0 Å². The zero-order valence-electron chi connectivity index (χ0n) is 14.5. The third-order valence-electron chi connectivity index (χ3n) is 5.31. The quantitative estimate of drug-likeness (QED) is 0.829. The van der Waals surface area contributed by atoms with E-state index in [0.29, 0.717) is 0 Å². The highest BCUT2D eigenvalue weighted by Crippen LogP contribution is 2.28. The summed E-state index contributed by atoms with van der Waals surface area (Å²) in [7, 11) is 1.69. The summed E-state index contributed by atoms with van der Waals surface area (Å²) in [5.74, 6) is 1.55. The van der Waals surface area contributed by atoms with Crippen LogP contribution in [0.4, 0.5) is 0 Å². The molecule has 1 atom stereocenters. The van der Waals surface area contributed by atoms with Crippen LogP contribution in [0.1, 0.15) is 42.1 Å². The Morgan fingerprint density at radius 1 is 1.16 bits per heavy atom. The number of rotatable bonds is 2. The lowest BCUT2D eigenvalue weighted by atomic mass is 10.0. The van der Waals surface area contributed by atoms with Gasteiger partial charge in [-0.15, -0.1) is 5.10 Å². The first-order chi connectivity index (χ1) is 12.3. The maximum Gasteiger partial charge on any atom is 0.233 e. The first-order valence-corrected chi connectivity index (χ1v) is 8.97. The highest BCUT2D eigenvalue weighted by molar-refractivity contribution is 5.83. The van der Waals surface area contributed by atoms with Crippen molar-refractivity contribution in [2.45, 2.75) is 44.6 Å². The second-order valence-corrected chi connectivity index (χ2v) is 6.77. The van der Waals surface area contributed by atoms with Gasteiger partial charge < -0.3 is 9.64 Å². The highest BCUT2D eigenvalue weighted by atomic mass is 16.5. The van der Waals surface area contributed by atoms with E-state index in [0.717, 1.165) is 63.3 Å². The van der Waals surface area contributed by atoms with Gasteiger partial charge in [0.1, 0.15) is 5.75 Å². The fourth-order valence-corrected chi connectivity index (χ4v) is 3.86. The van der Waals surface area contributed by atoms with Crippen molar-refractivity contribution in [1.29, 1.82) is 0 Å². The second kappa shape index (κ2) is 6.82. The molecule has 7 nitrogen and oxygen atoms in total. The van der Waals surface area contributed by atoms with Crippen molar-refractivity contribution >= 4 is 5.91 Å². The Labute approximate surface area is 147 Å². The molecular formula is C18H23N5O2. The number of methoxy groups -OCH3 is 1. The monoisotopic (exact) mass is 341 g/mol. The summed E-state index contributed by atoms with van der Waals surface area (Å²) in [5, 5.41) is 11.9. The molecule has 132 valence electrons. The van der Waals surface area contributed by atoms with Gasteiger partial charge in [0.25, 0.3) is 0 Å². The van der Waals surface area contributed by atoms with Crippen LogP contribution in [0.25, 0.3) is 0 Å². The van der Waals surface area contributed by atoms with Crippen LogP contribution in [0.15, 0.2) is 18.2 Å². The molecule has 2 aromatic rings. The van der Waals surface area contributed by atoms with E-state index in [1.54, 1.807) is 11.8 Å². The number of hydrogen-bond acceptors (Lipinski definition) is 5. The Bertz CT molecular complexity index is 773. The first kappa shape index (κ1) is 16.1. The van der Waals surface area contributed by atoms with Gasteiger partial charge in [0, 0.05) is 19.6 Å². The van der Waals surface area contributed by atoms with Crippen molar-refractivity contribution in [1.82, 2.24) is 25.1 Å². The molecule has 1 aromatic carbocycles. The fraction of sp³-hybridized carbons (Fsp3) is 0.556. The van der Waals surface area contributed by atoms with Gasteiger partial charge in [0.05, 0.1) is 13.0 Å². The molecule has 0 saturated carbocycles. The van der Waals surface area contributed by atoms with Crippen molar-refractivity contribution in [3.63, 3.8) is 0 Å². The average Bonchev–Trinajstić information content (AvgIpc) is 2.88. The molecular weight excluding hydrogens is 318 g/mol. The Hall–Kier alpha value is -2.44. The first-order valence-electron chi connectivity index (χ1n) is 8.97. The van der Waals surface area contributed by atoms with Gasteiger partial charge in [-0.05, 0) is 59.4 Å². The molecule has 0 fully saturated rings. The number of tetrazole rings is 1. The molecule has 0 saturated heterocycles. The van der Waals surface area contributed by atoms with Crippen molar-refractivity contribution in [2.24, 2.45) is 0 Å². The van der Waals surface area contributed by atoms with Crippen molar-refractivity contribution in [3.8, 4) is 5.75 Å². The Balaban J connectivity index is 1.52. The number of amides is 1. The number of aryl methyl sites for hydroxylation is 1. The number of nitrogens with zero attached hydrogens (tertiary/aromatic N) is 5. The van der Waals surface area contributed by atoms with Crippen LogP contribution in [0.3, 0.4) is 0 Å². The lowest BCUT2D eigenvalue weighted by molar-refractivity contribution is -0.133. The van der Waals surface area contributed by atoms with Gasteiger partial charge in [0.15, 0.2) is 5.82 Å². The Morgan fingerprint density at radius 2 is 2.00 bits per heavy atom. The van der Waals surface area contributed by atoms with Crippen LogP contribution >= 0.6 is 0 Å². The van der Waals surface area contributed by atoms with E-state index in [1.165, 1.54) is 11.1 Å². The van der Waals surface area contributed by atoms with Crippen molar-refractivity contribution < 1.29 is 9.53 Å². The van der Waals surface area contributed by atoms with Gasteiger partial charge in [-0.25, -0.2) is 4.68 Å².